The third kappa shape index (κ3) is 4.38. The lowest BCUT2D eigenvalue weighted by Crippen LogP contribution is -2.25. The standard InChI is InChI=1S/C15H18N2O3S2/c1-19-12-6-3-5-11(13(12)20-2)14(18)16-7-4-9-21-15-17-8-10-22-15/h3,5-6,8,10H,4,7,9H2,1-2H3,(H,16,18). The molecule has 0 aliphatic heterocycles. The Morgan fingerprint density at radius 3 is 2.91 bits per heavy atom. The molecule has 1 N–H and O–H groups in total. The van der Waals surface area contributed by atoms with Gasteiger partial charge in [0, 0.05) is 23.9 Å². The zero-order valence-corrected chi connectivity index (χ0v) is 14.1. The Kier molecular flexibility index (Phi) is 6.54. The molecule has 22 heavy (non-hydrogen) atoms. The number of hydrogen-bond donors (Lipinski definition) is 1. The van der Waals surface area contributed by atoms with E-state index < -0.39 is 0 Å². The molecule has 2 rings (SSSR count). The Labute approximate surface area is 138 Å². The molecule has 0 bridgehead atoms. The summed E-state index contributed by atoms with van der Waals surface area (Å²) in [7, 11) is 3.08. The lowest BCUT2D eigenvalue weighted by molar-refractivity contribution is 0.0950. The largest absolute Gasteiger partial charge is 0.493 e. The van der Waals surface area contributed by atoms with E-state index in [1.165, 1.54) is 7.11 Å². The first-order valence-corrected chi connectivity index (χ1v) is 8.64. The quantitative estimate of drug-likeness (QED) is 0.592. The van der Waals surface area contributed by atoms with Crippen molar-refractivity contribution < 1.29 is 14.3 Å². The van der Waals surface area contributed by atoms with E-state index in [0.29, 0.717) is 23.6 Å². The second kappa shape index (κ2) is 8.65. The van der Waals surface area contributed by atoms with E-state index >= 15 is 0 Å². The van der Waals surface area contributed by atoms with E-state index in [9.17, 15) is 4.79 Å². The van der Waals surface area contributed by atoms with Gasteiger partial charge in [0.25, 0.3) is 5.91 Å². The predicted molar refractivity (Wildman–Crippen MR) is 89.3 cm³/mol. The van der Waals surface area contributed by atoms with Gasteiger partial charge in [0.2, 0.25) is 0 Å². The van der Waals surface area contributed by atoms with Crippen LogP contribution in [0.3, 0.4) is 0 Å². The molecule has 0 spiro atoms. The second-order valence-electron chi connectivity index (χ2n) is 4.30. The summed E-state index contributed by atoms with van der Waals surface area (Å²) in [5, 5.41) is 4.86. The molecule has 1 aromatic heterocycles. The molecule has 0 atom stereocenters. The summed E-state index contributed by atoms with van der Waals surface area (Å²) in [5.41, 5.74) is 0.481. The molecule has 0 saturated heterocycles. The molecule has 1 amide bonds. The van der Waals surface area contributed by atoms with Gasteiger partial charge in [-0.15, -0.1) is 11.3 Å². The van der Waals surface area contributed by atoms with E-state index in [2.05, 4.69) is 10.3 Å². The van der Waals surface area contributed by atoms with Gasteiger partial charge in [-0.2, -0.15) is 0 Å². The molecular weight excluding hydrogens is 320 g/mol. The molecule has 7 heteroatoms. The number of aromatic nitrogens is 1. The van der Waals surface area contributed by atoms with Crippen molar-refractivity contribution in [3.8, 4) is 11.5 Å². The normalized spacial score (nSPS) is 10.3. The minimum Gasteiger partial charge on any atom is -0.493 e. The summed E-state index contributed by atoms with van der Waals surface area (Å²) in [4.78, 5) is 16.4. The van der Waals surface area contributed by atoms with Gasteiger partial charge in [-0.1, -0.05) is 17.8 Å². The van der Waals surface area contributed by atoms with Gasteiger partial charge in [-0.05, 0) is 18.6 Å². The lowest BCUT2D eigenvalue weighted by Gasteiger charge is -2.12. The number of methoxy groups -OCH3 is 2. The van der Waals surface area contributed by atoms with E-state index in [4.69, 9.17) is 9.47 Å². The van der Waals surface area contributed by atoms with Gasteiger partial charge in [0.15, 0.2) is 11.5 Å². The van der Waals surface area contributed by atoms with Crippen molar-refractivity contribution in [1.29, 1.82) is 0 Å². The van der Waals surface area contributed by atoms with E-state index in [1.54, 1.807) is 54.6 Å². The number of ether oxygens (including phenoxy) is 2. The van der Waals surface area contributed by atoms with Gasteiger partial charge in [0.1, 0.15) is 4.34 Å². The van der Waals surface area contributed by atoms with Crippen LogP contribution in [0.4, 0.5) is 0 Å². The highest BCUT2D eigenvalue weighted by Crippen LogP contribution is 2.30. The van der Waals surface area contributed by atoms with Crippen molar-refractivity contribution in [3.63, 3.8) is 0 Å². The van der Waals surface area contributed by atoms with Crippen LogP contribution in [0.15, 0.2) is 34.1 Å². The average Bonchev–Trinajstić information content (AvgIpc) is 3.06. The van der Waals surface area contributed by atoms with Crippen LogP contribution in [0.2, 0.25) is 0 Å². The van der Waals surface area contributed by atoms with Crippen molar-refractivity contribution in [2.75, 3.05) is 26.5 Å². The molecule has 118 valence electrons. The first kappa shape index (κ1) is 16.6. The highest BCUT2D eigenvalue weighted by molar-refractivity contribution is 8.00. The highest BCUT2D eigenvalue weighted by Gasteiger charge is 2.15. The summed E-state index contributed by atoms with van der Waals surface area (Å²) in [5.74, 6) is 1.77. The summed E-state index contributed by atoms with van der Waals surface area (Å²) in [6.45, 7) is 0.609. The number of carbonyl (C=O) groups is 1. The molecule has 1 aromatic carbocycles. The molecule has 0 saturated carbocycles. The van der Waals surface area contributed by atoms with E-state index in [1.807, 2.05) is 5.38 Å². The smallest absolute Gasteiger partial charge is 0.255 e. The SMILES string of the molecule is COc1cccc(C(=O)NCCCSc2nccs2)c1OC. The Balaban J connectivity index is 1.82. The molecule has 0 radical (unpaired) electrons. The summed E-state index contributed by atoms with van der Waals surface area (Å²) >= 11 is 3.33. The number of thiazole rings is 1. The van der Waals surface area contributed by atoms with E-state index in [-0.39, 0.29) is 5.91 Å². The fraction of sp³-hybridized carbons (Fsp3) is 0.333. The fourth-order valence-corrected chi connectivity index (χ4v) is 3.52. The summed E-state index contributed by atoms with van der Waals surface area (Å²) in [6.07, 6.45) is 2.67. The Morgan fingerprint density at radius 2 is 2.23 bits per heavy atom. The maximum absolute atomic E-state index is 12.2. The lowest BCUT2D eigenvalue weighted by atomic mass is 10.1. The Morgan fingerprint density at radius 1 is 1.36 bits per heavy atom. The van der Waals surface area contributed by atoms with Crippen molar-refractivity contribution in [2.24, 2.45) is 0 Å². The predicted octanol–water partition coefficient (Wildman–Crippen LogP) is 3.07. The maximum Gasteiger partial charge on any atom is 0.255 e. The molecule has 1 heterocycles. The Hall–Kier alpha value is -1.73. The molecular formula is C15H18N2O3S2. The molecule has 0 aliphatic carbocycles. The minimum absolute atomic E-state index is 0.157. The Bertz CT molecular complexity index is 603. The topological polar surface area (TPSA) is 60.5 Å². The van der Waals surface area contributed by atoms with Crippen LogP contribution in [0.25, 0.3) is 0 Å². The number of nitrogens with zero attached hydrogens (tertiary/aromatic N) is 1. The van der Waals surface area contributed by atoms with E-state index in [0.717, 1.165) is 16.5 Å². The first-order valence-electron chi connectivity index (χ1n) is 6.77. The summed E-state index contributed by atoms with van der Waals surface area (Å²) in [6, 6.07) is 5.26. The van der Waals surface area contributed by atoms with Gasteiger partial charge in [-0.25, -0.2) is 4.98 Å². The van der Waals surface area contributed by atoms with Crippen LogP contribution in [-0.4, -0.2) is 37.4 Å². The van der Waals surface area contributed by atoms with Gasteiger partial charge in [0.05, 0.1) is 19.8 Å². The number of thioether (sulfide) groups is 1. The third-order valence-electron chi connectivity index (χ3n) is 2.89. The number of amides is 1. The van der Waals surface area contributed by atoms with Crippen LogP contribution in [0, 0.1) is 0 Å². The van der Waals surface area contributed by atoms with Crippen LogP contribution in [0.1, 0.15) is 16.8 Å². The third-order valence-corrected chi connectivity index (χ3v) is 4.94. The van der Waals surface area contributed by atoms with Gasteiger partial charge < -0.3 is 14.8 Å². The molecule has 0 fully saturated rings. The zero-order valence-electron chi connectivity index (χ0n) is 12.5. The highest BCUT2D eigenvalue weighted by atomic mass is 32.2. The average molecular weight is 338 g/mol. The second-order valence-corrected chi connectivity index (χ2v) is 6.53. The number of carbonyl (C=O) groups excluding carboxylic acids is 1. The molecule has 0 aliphatic rings. The minimum atomic E-state index is -0.157. The van der Waals surface area contributed by atoms with Gasteiger partial charge in [-0.3, -0.25) is 4.79 Å². The maximum atomic E-state index is 12.2. The monoisotopic (exact) mass is 338 g/mol. The molecule has 0 unspecified atom stereocenters. The fourth-order valence-electron chi connectivity index (χ4n) is 1.88. The number of nitrogens with one attached hydrogen (secondary N) is 1. The summed E-state index contributed by atoms with van der Waals surface area (Å²) < 4.78 is 11.5. The number of benzene rings is 1. The van der Waals surface area contributed by atoms with Crippen LogP contribution in [-0.2, 0) is 0 Å². The van der Waals surface area contributed by atoms with Crippen molar-refractivity contribution in [3.05, 3.63) is 35.3 Å². The number of rotatable bonds is 8. The van der Waals surface area contributed by atoms with Crippen molar-refractivity contribution in [1.82, 2.24) is 10.3 Å². The molecule has 2 aromatic rings. The van der Waals surface area contributed by atoms with Crippen molar-refractivity contribution in [2.45, 2.75) is 10.8 Å². The van der Waals surface area contributed by atoms with Gasteiger partial charge >= 0.3 is 0 Å². The zero-order chi connectivity index (χ0) is 15.8. The molecule has 5 nitrogen and oxygen atoms in total. The van der Waals surface area contributed by atoms with Crippen LogP contribution in [0.5, 0.6) is 11.5 Å². The van der Waals surface area contributed by atoms with Crippen molar-refractivity contribution >= 4 is 29.0 Å². The number of para-hydroxylation sites is 1. The van der Waals surface area contributed by atoms with Crippen LogP contribution >= 0.6 is 23.1 Å². The number of hydrogen-bond acceptors (Lipinski definition) is 6. The first-order chi connectivity index (χ1) is 10.8. The van der Waals surface area contributed by atoms with Crippen LogP contribution < -0.4 is 14.8 Å².